The maximum absolute atomic E-state index is 12.2. The zero-order valence-electron chi connectivity index (χ0n) is 14.5. The maximum Gasteiger partial charge on any atom is 0.224 e. The predicted molar refractivity (Wildman–Crippen MR) is 93.1 cm³/mol. The number of aryl methyl sites for hydroxylation is 2. The number of fused-ring (bicyclic) bond motifs is 1. The second kappa shape index (κ2) is 6.98. The maximum atomic E-state index is 12.2. The first-order chi connectivity index (χ1) is 12.2. The van der Waals surface area contributed by atoms with E-state index in [1.54, 1.807) is 0 Å². The molecule has 7 heteroatoms. The van der Waals surface area contributed by atoms with Crippen molar-refractivity contribution in [1.82, 2.24) is 20.8 Å². The lowest BCUT2D eigenvalue weighted by Crippen LogP contribution is -2.53. The molecule has 3 aliphatic rings. The number of anilines is 1. The number of nitrogens with one attached hydrogen (secondary N) is 2. The van der Waals surface area contributed by atoms with Crippen molar-refractivity contribution in [1.29, 1.82) is 0 Å². The standard InChI is InChI=1S/C18H25N5O2/c24-17-6-5-14(9-19-17)18(25)20-8-12-10-23(11-12)16-7-13-3-1-2-4-15(13)21-22-16/h7,12,14H,1-6,8-11H2,(H,19,24)(H,20,25). The van der Waals surface area contributed by atoms with E-state index in [1.807, 2.05) is 0 Å². The number of carbonyl (C=O) groups excluding carboxylic acids is 2. The second-order valence-electron chi connectivity index (χ2n) is 7.44. The van der Waals surface area contributed by atoms with Crippen LogP contribution in [-0.4, -0.2) is 48.2 Å². The van der Waals surface area contributed by atoms with Gasteiger partial charge in [-0.3, -0.25) is 9.59 Å². The summed E-state index contributed by atoms with van der Waals surface area (Å²) in [6.45, 7) is 2.98. The lowest BCUT2D eigenvalue weighted by molar-refractivity contribution is -0.129. The van der Waals surface area contributed by atoms with Crippen molar-refractivity contribution in [2.24, 2.45) is 11.8 Å². The molecule has 1 aromatic heterocycles. The number of amides is 2. The van der Waals surface area contributed by atoms with E-state index >= 15 is 0 Å². The Labute approximate surface area is 147 Å². The summed E-state index contributed by atoms with van der Waals surface area (Å²) in [4.78, 5) is 25.6. The molecule has 1 unspecified atom stereocenters. The van der Waals surface area contributed by atoms with Crippen LogP contribution in [0.5, 0.6) is 0 Å². The SMILES string of the molecule is O=C1CCC(C(=O)NCC2CN(c3cc4c(nn3)CCCC4)C2)CN1. The Morgan fingerprint density at radius 1 is 1.24 bits per heavy atom. The molecule has 2 N–H and O–H groups in total. The number of aromatic nitrogens is 2. The molecule has 2 aliphatic heterocycles. The summed E-state index contributed by atoms with van der Waals surface area (Å²) >= 11 is 0. The minimum absolute atomic E-state index is 0.0462. The van der Waals surface area contributed by atoms with Gasteiger partial charge in [0.2, 0.25) is 11.8 Å². The van der Waals surface area contributed by atoms with Crippen LogP contribution in [0.3, 0.4) is 0 Å². The van der Waals surface area contributed by atoms with Crippen LogP contribution in [-0.2, 0) is 22.4 Å². The third kappa shape index (κ3) is 3.60. The number of rotatable bonds is 4. The van der Waals surface area contributed by atoms with Gasteiger partial charge in [-0.1, -0.05) is 0 Å². The fourth-order valence-corrected chi connectivity index (χ4v) is 3.87. The number of hydrogen-bond donors (Lipinski definition) is 2. The average Bonchev–Trinajstić information content (AvgIpc) is 2.60. The molecule has 1 aliphatic carbocycles. The number of piperidine rings is 1. The van der Waals surface area contributed by atoms with Gasteiger partial charge in [0.25, 0.3) is 0 Å². The average molecular weight is 343 g/mol. The summed E-state index contributed by atoms with van der Waals surface area (Å²) in [6.07, 6.45) is 5.74. The fourth-order valence-electron chi connectivity index (χ4n) is 3.87. The summed E-state index contributed by atoms with van der Waals surface area (Å²) in [5.41, 5.74) is 2.52. The quantitative estimate of drug-likeness (QED) is 0.828. The van der Waals surface area contributed by atoms with Crippen molar-refractivity contribution in [2.75, 3.05) is 31.1 Å². The molecular weight excluding hydrogens is 318 g/mol. The van der Waals surface area contributed by atoms with E-state index in [1.165, 1.54) is 24.1 Å². The smallest absolute Gasteiger partial charge is 0.224 e. The Morgan fingerprint density at radius 3 is 2.88 bits per heavy atom. The van der Waals surface area contributed by atoms with Crippen LogP contribution in [0.15, 0.2) is 6.07 Å². The van der Waals surface area contributed by atoms with Gasteiger partial charge in [-0.05, 0) is 43.7 Å². The molecule has 4 rings (SSSR count). The molecule has 0 radical (unpaired) electrons. The van der Waals surface area contributed by atoms with Gasteiger partial charge in [0.05, 0.1) is 11.6 Å². The first-order valence-corrected chi connectivity index (χ1v) is 9.34. The van der Waals surface area contributed by atoms with Crippen molar-refractivity contribution >= 4 is 17.6 Å². The van der Waals surface area contributed by atoms with E-state index in [9.17, 15) is 9.59 Å². The van der Waals surface area contributed by atoms with Crippen LogP contribution < -0.4 is 15.5 Å². The van der Waals surface area contributed by atoms with Crippen molar-refractivity contribution < 1.29 is 9.59 Å². The zero-order valence-corrected chi connectivity index (χ0v) is 14.5. The second-order valence-corrected chi connectivity index (χ2v) is 7.44. The molecule has 0 aromatic carbocycles. The number of nitrogens with zero attached hydrogens (tertiary/aromatic N) is 3. The van der Waals surface area contributed by atoms with E-state index in [0.717, 1.165) is 31.7 Å². The zero-order chi connectivity index (χ0) is 17.2. The lowest BCUT2D eigenvalue weighted by atomic mass is 9.95. The normalized spacial score (nSPS) is 23.4. The first-order valence-electron chi connectivity index (χ1n) is 9.34. The van der Waals surface area contributed by atoms with Crippen LogP contribution >= 0.6 is 0 Å². The summed E-state index contributed by atoms with van der Waals surface area (Å²) in [6, 6.07) is 2.20. The Hall–Kier alpha value is -2.18. The summed E-state index contributed by atoms with van der Waals surface area (Å²) in [5.74, 6) is 1.45. The van der Waals surface area contributed by atoms with Crippen LogP contribution in [0, 0.1) is 11.8 Å². The summed E-state index contributed by atoms with van der Waals surface area (Å²) < 4.78 is 0. The summed E-state index contributed by atoms with van der Waals surface area (Å²) in [7, 11) is 0. The van der Waals surface area contributed by atoms with Crippen LogP contribution in [0.4, 0.5) is 5.82 Å². The van der Waals surface area contributed by atoms with E-state index in [-0.39, 0.29) is 17.7 Å². The molecule has 1 aromatic rings. The predicted octanol–water partition coefficient (Wildman–Crippen LogP) is 0.434. The van der Waals surface area contributed by atoms with Gasteiger partial charge in [0, 0.05) is 38.5 Å². The van der Waals surface area contributed by atoms with Gasteiger partial charge in [-0.2, -0.15) is 5.10 Å². The van der Waals surface area contributed by atoms with E-state index < -0.39 is 0 Å². The van der Waals surface area contributed by atoms with Crippen molar-refractivity contribution in [2.45, 2.75) is 38.5 Å². The molecule has 0 bridgehead atoms. The van der Waals surface area contributed by atoms with Crippen LogP contribution in [0.1, 0.15) is 36.9 Å². The Kier molecular flexibility index (Phi) is 4.55. The van der Waals surface area contributed by atoms with Crippen molar-refractivity contribution in [3.63, 3.8) is 0 Å². The largest absolute Gasteiger partial charge is 0.355 e. The molecule has 2 saturated heterocycles. The lowest BCUT2D eigenvalue weighted by Gasteiger charge is -2.40. The van der Waals surface area contributed by atoms with Crippen LogP contribution in [0.2, 0.25) is 0 Å². The third-order valence-corrected chi connectivity index (χ3v) is 5.54. The van der Waals surface area contributed by atoms with E-state index in [0.29, 0.717) is 31.8 Å². The number of hydrogen-bond acceptors (Lipinski definition) is 5. The highest BCUT2D eigenvalue weighted by molar-refractivity contribution is 5.83. The third-order valence-electron chi connectivity index (χ3n) is 5.54. The first kappa shape index (κ1) is 16.3. The molecule has 25 heavy (non-hydrogen) atoms. The molecule has 3 heterocycles. The molecule has 1 atom stereocenters. The monoisotopic (exact) mass is 343 g/mol. The van der Waals surface area contributed by atoms with Crippen molar-refractivity contribution in [3.05, 3.63) is 17.3 Å². The van der Waals surface area contributed by atoms with Gasteiger partial charge in [-0.15, -0.1) is 5.10 Å². The topological polar surface area (TPSA) is 87.2 Å². The molecule has 0 spiro atoms. The molecule has 2 fully saturated rings. The Balaban J connectivity index is 1.23. The number of carbonyl (C=O) groups is 2. The van der Waals surface area contributed by atoms with Gasteiger partial charge < -0.3 is 15.5 Å². The van der Waals surface area contributed by atoms with Crippen LogP contribution in [0.25, 0.3) is 0 Å². The van der Waals surface area contributed by atoms with Gasteiger partial charge >= 0.3 is 0 Å². The van der Waals surface area contributed by atoms with E-state index in [4.69, 9.17) is 0 Å². The van der Waals surface area contributed by atoms with Gasteiger partial charge in [-0.25, -0.2) is 0 Å². The highest BCUT2D eigenvalue weighted by atomic mass is 16.2. The molecule has 134 valence electrons. The highest BCUT2D eigenvalue weighted by Crippen LogP contribution is 2.26. The van der Waals surface area contributed by atoms with E-state index in [2.05, 4.69) is 31.8 Å². The highest BCUT2D eigenvalue weighted by Gasteiger charge is 2.30. The Morgan fingerprint density at radius 2 is 2.08 bits per heavy atom. The van der Waals surface area contributed by atoms with Crippen molar-refractivity contribution in [3.8, 4) is 0 Å². The molecule has 2 amide bonds. The summed E-state index contributed by atoms with van der Waals surface area (Å²) in [5, 5.41) is 14.6. The Bertz CT molecular complexity index is 661. The molecule has 7 nitrogen and oxygen atoms in total. The van der Waals surface area contributed by atoms with Gasteiger partial charge in [0.15, 0.2) is 5.82 Å². The fraction of sp³-hybridized carbons (Fsp3) is 0.667. The minimum Gasteiger partial charge on any atom is -0.355 e. The molecular formula is C18H25N5O2. The minimum atomic E-state index is -0.0830. The van der Waals surface area contributed by atoms with Gasteiger partial charge in [0.1, 0.15) is 0 Å². The molecule has 0 saturated carbocycles.